The maximum Gasteiger partial charge on any atom is 0.245 e. The van der Waals surface area contributed by atoms with Gasteiger partial charge in [-0.15, -0.1) is 5.10 Å². The number of hydrogen-bond acceptors (Lipinski definition) is 4. The van der Waals surface area contributed by atoms with E-state index in [9.17, 15) is 0 Å². The van der Waals surface area contributed by atoms with E-state index in [4.69, 9.17) is 4.98 Å². The number of nitrogens with zero attached hydrogens (tertiary/aromatic N) is 4. The summed E-state index contributed by atoms with van der Waals surface area (Å²) in [5, 5.41) is 8.25. The number of halogens is 1. The van der Waals surface area contributed by atoms with E-state index >= 15 is 0 Å². The summed E-state index contributed by atoms with van der Waals surface area (Å²) >= 11 is 3.56. The zero-order valence-electron chi connectivity index (χ0n) is 12.0. The van der Waals surface area contributed by atoms with Crippen LogP contribution in [0.25, 0.3) is 5.65 Å². The third-order valence-corrected chi connectivity index (χ3v) is 4.98. The summed E-state index contributed by atoms with van der Waals surface area (Å²) in [6.07, 6.45) is 7.21. The van der Waals surface area contributed by atoms with Gasteiger partial charge in [-0.05, 0) is 66.2 Å². The normalized spacial score (nSPS) is 22.0. The zero-order chi connectivity index (χ0) is 14.2. The summed E-state index contributed by atoms with van der Waals surface area (Å²) in [6.45, 7) is 3.25. The average molecular weight is 350 g/mol. The first-order valence-corrected chi connectivity index (χ1v) is 8.58. The first-order valence-electron chi connectivity index (χ1n) is 7.79. The molecular formula is C15H20BrN5. The molecule has 0 aromatic carbocycles. The Balaban J connectivity index is 1.61. The van der Waals surface area contributed by atoms with Crippen LogP contribution in [0, 0.1) is 5.92 Å². The van der Waals surface area contributed by atoms with Crippen molar-refractivity contribution in [3.05, 3.63) is 22.8 Å². The monoisotopic (exact) mass is 349 g/mol. The Labute approximate surface area is 132 Å². The van der Waals surface area contributed by atoms with Gasteiger partial charge in [0.15, 0.2) is 5.65 Å². The van der Waals surface area contributed by atoms with E-state index in [2.05, 4.69) is 31.2 Å². The molecule has 1 aliphatic heterocycles. The van der Waals surface area contributed by atoms with Crippen molar-refractivity contribution in [2.75, 3.05) is 24.5 Å². The SMILES string of the molecule is Brc1cccn2nc(N(CC3CC3)CC3CCCN3)nc12. The summed E-state index contributed by atoms with van der Waals surface area (Å²) in [6, 6.07) is 4.58. The molecule has 112 valence electrons. The van der Waals surface area contributed by atoms with Gasteiger partial charge in [-0.1, -0.05) is 0 Å². The Kier molecular flexibility index (Phi) is 3.59. The second-order valence-electron chi connectivity index (χ2n) is 6.18. The average Bonchev–Trinajstić information content (AvgIpc) is 2.99. The van der Waals surface area contributed by atoms with Crippen LogP contribution in [0.4, 0.5) is 5.95 Å². The lowest BCUT2D eigenvalue weighted by molar-refractivity contribution is 0.563. The molecule has 1 aliphatic carbocycles. The van der Waals surface area contributed by atoms with Crippen LogP contribution >= 0.6 is 15.9 Å². The van der Waals surface area contributed by atoms with Gasteiger partial charge in [-0.3, -0.25) is 0 Å². The van der Waals surface area contributed by atoms with Gasteiger partial charge in [-0.25, -0.2) is 4.52 Å². The number of aromatic nitrogens is 3. The van der Waals surface area contributed by atoms with Gasteiger partial charge >= 0.3 is 0 Å². The molecule has 1 N–H and O–H groups in total. The van der Waals surface area contributed by atoms with E-state index in [0.717, 1.165) is 41.6 Å². The van der Waals surface area contributed by atoms with Gasteiger partial charge in [-0.2, -0.15) is 4.98 Å². The van der Waals surface area contributed by atoms with Crippen molar-refractivity contribution in [1.29, 1.82) is 0 Å². The highest BCUT2D eigenvalue weighted by Crippen LogP contribution is 2.31. The Hall–Kier alpha value is -1.14. The van der Waals surface area contributed by atoms with Crippen molar-refractivity contribution >= 4 is 27.5 Å². The third kappa shape index (κ3) is 2.92. The van der Waals surface area contributed by atoms with Gasteiger partial charge in [0.05, 0.1) is 4.47 Å². The van der Waals surface area contributed by atoms with E-state index in [0.29, 0.717) is 6.04 Å². The van der Waals surface area contributed by atoms with E-state index in [1.807, 2.05) is 22.8 Å². The number of hydrogen-bond donors (Lipinski definition) is 1. The number of rotatable bonds is 5. The Morgan fingerprint density at radius 1 is 1.33 bits per heavy atom. The van der Waals surface area contributed by atoms with E-state index in [1.165, 1.54) is 25.7 Å². The van der Waals surface area contributed by atoms with Crippen molar-refractivity contribution in [3.8, 4) is 0 Å². The summed E-state index contributed by atoms with van der Waals surface area (Å²) in [7, 11) is 0. The Morgan fingerprint density at radius 3 is 2.95 bits per heavy atom. The predicted molar refractivity (Wildman–Crippen MR) is 86.6 cm³/mol. The zero-order valence-corrected chi connectivity index (χ0v) is 13.6. The molecule has 1 saturated carbocycles. The molecule has 0 radical (unpaired) electrons. The highest BCUT2D eigenvalue weighted by atomic mass is 79.9. The largest absolute Gasteiger partial charge is 0.338 e. The number of pyridine rings is 1. The molecule has 4 rings (SSSR count). The molecule has 0 amide bonds. The quantitative estimate of drug-likeness (QED) is 0.900. The van der Waals surface area contributed by atoms with Gasteiger partial charge in [0, 0.05) is 25.3 Å². The van der Waals surface area contributed by atoms with Gasteiger partial charge < -0.3 is 10.2 Å². The molecule has 3 heterocycles. The second-order valence-corrected chi connectivity index (χ2v) is 7.03. The van der Waals surface area contributed by atoms with Gasteiger partial charge in [0.1, 0.15) is 0 Å². The predicted octanol–water partition coefficient (Wildman–Crippen LogP) is 2.46. The minimum Gasteiger partial charge on any atom is -0.338 e. The molecule has 5 nitrogen and oxygen atoms in total. The summed E-state index contributed by atoms with van der Waals surface area (Å²) in [5.41, 5.74) is 0.896. The molecule has 2 aliphatic rings. The maximum absolute atomic E-state index is 4.74. The molecule has 2 aromatic rings. The number of fused-ring (bicyclic) bond motifs is 1. The molecular weight excluding hydrogens is 330 g/mol. The van der Waals surface area contributed by atoms with Crippen molar-refractivity contribution < 1.29 is 0 Å². The molecule has 6 heteroatoms. The van der Waals surface area contributed by atoms with Crippen LogP contribution in [-0.4, -0.2) is 40.3 Å². The Bertz CT molecular complexity index is 630. The molecule has 0 bridgehead atoms. The standard InChI is InChI=1S/C15H20BrN5/c16-13-4-2-8-21-14(13)18-15(19-21)20(9-11-5-6-11)10-12-3-1-7-17-12/h2,4,8,11-12,17H,1,3,5-7,9-10H2. The number of nitrogens with one attached hydrogen (secondary N) is 1. The van der Waals surface area contributed by atoms with Crippen LogP contribution in [0.1, 0.15) is 25.7 Å². The smallest absolute Gasteiger partial charge is 0.245 e. The molecule has 0 spiro atoms. The lowest BCUT2D eigenvalue weighted by Crippen LogP contribution is -2.39. The fraction of sp³-hybridized carbons (Fsp3) is 0.600. The van der Waals surface area contributed by atoms with Gasteiger partial charge in [0.2, 0.25) is 5.95 Å². The summed E-state index contributed by atoms with van der Waals surface area (Å²) in [4.78, 5) is 7.11. The Morgan fingerprint density at radius 2 is 2.24 bits per heavy atom. The highest BCUT2D eigenvalue weighted by molar-refractivity contribution is 9.10. The molecule has 21 heavy (non-hydrogen) atoms. The minimum atomic E-state index is 0.582. The fourth-order valence-electron chi connectivity index (χ4n) is 3.02. The molecule has 1 atom stereocenters. The summed E-state index contributed by atoms with van der Waals surface area (Å²) in [5.74, 6) is 1.70. The minimum absolute atomic E-state index is 0.582. The van der Waals surface area contributed by atoms with Crippen molar-refractivity contribution in [2.45, 2.75) is 31.7 Å². The lowest BCUT2D eigenvalue weighted by Gasteiger charge is -2.24. The van der Waals surface area contributed by atoms with Crippen LogP contribution in [-0.2, 0) is 0 Å². The molecule has 2 aromatic heterocycles. The van der Waals surface area contributed by atoms with Crippen molar-refractivity contribution in [3.63, 3.8) is 0 Å². The molecule has 1 saturated heterocycles. The molecule has 1 unspecified atom stereocenters. The first kappa shape index (κ1) is 13.5. The molecule has 2 fully saturated rings. The van der Waals surface area contributed by atoms with Crippen LogP contribution in [0.15, 0.2) is 22.8 Å². The van der Waals surface area contributed by atoms with Crippen molar-refractivity contribution in [2.24, 2.45) is 5.92 Å². The van der Waals surface area contributed by atoms with Gasteiger partial charge in [0.25, 0.3) is 0 Å². The fourth-order valence-corrected chi connectivity index (χ4v) is 3.45. The van der Waals surface area contributed by atoms with E-state index < -0.39 is 0 Å². The first-order chi connectivity index (χ1) is 10.3. The van der Waals surface area contributed by atoms with Crippen molar-refractivity contribution in [1.82, 2.24) is 19.9 Å². The second kappa shape index (κ2) is 5.57. The summed E-state index contributed by atoms with van der Waals surface area (Å²) < 4.78 is 2.86. The topological polar surface area (TPSA) is 45.5 Å². The highest BCUT2D eigenvalue weighted by Gasteiger charge is 2.28. The maximum atomic E-state index is 4.74. The van der Waals surface area contributed by atoms with Crippen LogP contribution in [0.3, 0.4) is 0 Å². The van der Waals surface area contributed by atoms with E-state index in [-0.39, 0.29) is 0 Å². The lowest BCUT2D eigenvalue weighted by atomic mass is 10.2. The van der Waals surface area contributed by atoms with Crippen LogP contribution < -0.4 is 10.2 Å². The number of anilines is 1. The van der Waals surface area contributed by atoms with Crippen LogP contribution in [0.2, 0.25) is 0 Å². The third-order valence-electron chi connectivity index (χ3n) is 4.37. The van der Waals surface area contributed by atoms with E-state index in [1.54, 1.807) is 0 Å². The van der Waals surface area contributed by atoms with Crippen LogP contribution in [0.5, 0.6) is 0 Å².